The number of nitrogens with one attached hydrogen (secondary N) is 1. The number of nitrogens with zero attached hydrogens (tertiary/aromatic N) is 3. The second-order valence-electron chi connectivity index (χ2n) is 6.49. The molecule has 5 nitrogen and oxygen atoms in total. The lowest BCUT2D eigenvalue weighted by Crippen LogP contribution is -2.31. The SMILES string of the molecule is Cc1cc(F)cc(CN2CCc3c([nH]n(-c4ccccn4)c3=O)C2)c1. The summed E-state index contributed by atoms with van der Waals surface area (Å²) < 4.78 is 15.1. The molecule has 0 atom stereocenters. The molecule has 0 aliphatic carbocycles. The zero-order valence-corrected chi connectivity index (χ0v) is 14.0. The van der Waals surface area contributed by atoms with Crippen LogP contribution in [0.5, 0.6) is 0 Å². The smallest absolute Gasteiger partial charge is 0.276 e. The Kier molecular flexibility index (Phi) is 3.97. The molecule has 1 aromatic carbocycles. The Morgan fingerprint density at radius 2 is 2.16 bits per heavy atom. The van der Waals surface area contributed by atoms with Crippen molar-refractivity contribution < 1.29 is 4.39 Å². The molecule has 0 saturated heterocycles. The van der Waals surface area contributed by atoms with Gasteiger partial charge in [0.25, 0.3) is 5.56 Å². The van der Waals surface area contributed by atoms with Gasteiger partial charge in [0.05, 0.1) is 5.69 Å². The molecule has 2 aromatic heterocycles. The summed E-state index contributed by atoms with van der Waals surface area (Å²) in [5, 5.41) is 3.18. The number of aryl methyl sites for hydroxylation is 1. The molecule has 1 aliphatic heterocycles. The topological polar surface area (TPSA) is 53.9 Å². The number of fused-ring (bicyclic) bond motifs is 1. The summed E-state index contributed by atoms with van der Waals surface area (Å²) in [5.74, 6) is 0.386. The van der Waals surface area contributed by atoms with Crippen LogP contribution in [-0.2, 0) is 19.5 Å². The summed E-state index contributed by atoms with van der Waals surface area (Å²) in [6.45, 7) is 3.97. The fourth-order valence-electron chi connectivity index (χ4n) is 3.42. The summed E-state index contributed by atoms with van der Waals surface area (Å²) in [5.41, 5.74) is 3.57. The summed E-state index contributed by atoms with van der Waals surface area (Å²) in [4.78, 5) is 19.0. The van der Waals surface area contributed by atoms with Crippen molar-refractivity contribution >= 4 is 0 Å². The van der Waals surface area contributed by atoms with E-state index in [4.69, 9.17) is 0 Å². The van der Waals surface area contributed by atoms with E-state index in [9.17, 15) is 9.18 Å². The first-order chi connectivity index (χ1) is 12.1. The van der Waals surface area contributed by atoms with Crippen LogP contribution in [0.2, 0.25) is 0 Å². The summed E-state index contributed by atoms with van der Waals surface area (Å²) in [6, 6.07) is 10.6. The minimum atomic E-state index is -0.206. The second-order valence-corrected chi connectivity index (χ2v) is 6.49. The Balaban J connectivity index is 1.58. The lowest BCUT2D eigenvalue weighted by molar-refractivity contribution is 0.242. The molecule has 1 N–H and O–H groups in total. The molecular formula is C19H19FN4O. The zero-order valence-electron chi connectivity index (χ0n) is 14.0. The van der Waals surface area contributed by atoms with Crippen molar-refractivity contribution in [1.29, 1.82) is 0 Å². The van der Waals surface area contributed by atoms with Crippen molar-refractivity contribution in [2.45, 2.75) is 26.4 Å². The lowest BCUT2D eigenvalue weighted by atomic mass is 10.1. The molecule has 0 spiro atoms. The van der Waals surface area contributed by atoms with Crippen molar-refractivity contribution in [1.82, 2.24) is 19.7 Å². The molecule has 128 valence electrons. The number of hydrogen-bond acceptors (Lipinski definition) is 3. The molecule has 6 heteroatoms. The molecule has 0 radical (unpaired) electrons. The number of H-pyrrole nitrogens is 1. The minimum Gasteiger partial charge on any atom is -0.293 e. The van der Waals surface area contributed by atoms with E-state index in [1.807, 2.05) is 25.1 Å². The number of aromatic nitrogens is 3. The third-order valence-electron chi connectivity index (χ3n) is 4.52. The van der Waals surface area contributed by atoms with Crippen LogP contribution in [0.4, 0.5) is 4.39 Å². The predicted octanol–water partition coefficient (Wildman–Crippen LogP) is 2.57. The second kappa shape index (κ2) is 6.29. The molecule has 4 rings (SSSR count). The van der Waals surface area contributed by atoms with Crippen LogP contribution in [-0.4, -0.2) is 26.2 Å². The number of rotatable bonds is 3. The van der Waals surface area contributed by atoms with Crippen LogP contribution < -0.4 is 5.56 Å². The highest BCUT2D eigenvalue weighted by Crippen LogP contribution is 2.19. The normalized spacial score (nSPS) is 14.5. The van der Waals surface area contributed by atoms with Crippen LogP contribution in [0.1, 0.15) is 22.4 Å². The number of halogens is 1. The van der Waals surface area contributed by atoms with Crippen molar-refractivity contribution in [3.8, 4) is 5.82 Å². The highest BCUT2D eigenvalue weighted by atomic mass is 19.1. The first-order valence-corrected chi connectivity index (χ1v) is 8.33. The molecule has 25 heavy (non-hydrogen) atoms. The lowest BCUT2D eigenvalue weighted by Gasteiger charge is -2.26. The van der Waals surface area contributed by atoms with E-state index in [-0.39, 0.29) is 11.4 Å². The number of benzene rings is 1. The molecule has 3 heterocycles. The van der Waals surface area contributed by atoms with E-state index in [1.165, 1.54) is 10.7 Å². The molecular weight excluding hydrogens is 319 g/mol. The number of hydrogen-bond donors (Lipinski definition) is 1. The third kappa shape index (κ3) is 3.13. The standard InChI is InChI=1S/C19H19FN4O/c1-13-8-14(10-15(20)9-13)11-23-7-5-16-17(12-23)22-24(19(16)25)18-4-2-3-6-21-18/h2-4,6,8-10,22H,5,7,11-12H2,1H3. The van der Waals surface area contributed by atoms with Gasteiger partial charge in [0, 0.05) is 31.4 Å². The van der Waals surface area contributed by atoms with Crippen LogP contribution in [0.3, 0.4) is 0 Å². The molecule has 0 bridgehead atoms. The average Bonchev–Trinajstić information content (AvgIpc) is 2.91. The molecule has 0 saturated carbocycles. The highest BCUT2D eigenvalue weighted by molar-refractivity contribution is 5.28. The molecule has 3 aromatic rings. The van der Waals surface area contributed by atoms with Crippen LogP contribution in [0, 0.1) is 12.7 Å². The molecule has 0 unspecified atom stereocenters. The van der Waals surface area contributed by atoms with Gasteiger partial charge in [0.15, 0.2) is 5.82 Å². The Morgan fingerprint density at radius 3 is 2.92 bits per heavy atom. The first-order valence-electron chi connectivity index (χ1n) is 8.33. The molecule has 0 fully saturated rings. The largest absolute Gasteiger partial charge is 0.293 e. The summed E-state index contributed by atoms with van der Waals surface area (Å²) >= 11 is 0. The Hall–Kier alpha value is -2.73. The van der Waals surface area contributed by atoms with E-state index in [0.29, 0.717) is 25.3 Å². The van der Waals surface area contributed by atoms with Crippen LogP contribution in [0.25, 0.3) is 5.82 Å². The van der Waals surface area contributed by atoms with E-state index >= 15 is 0 Å². The molecule has 0 amide bonds. The molecule has 1 aliphatic rings. The maximum Gasteiger partial charge on any atom is 0.276 e. The fraction of sp³-hybridized carbons (Fsp3) is 0.263. The van der Waals surface area contributed by atoms with E-state index in [1.54, 1.807) is 18.3 Å². The predicted molar refractivity (Wildman–Crippen MR) is 93.1 cm³/mol. The zero-order chi connectivity index (χ0) is 17.4. The Labute approximate surface area is 144 Å². The van der Waals surface area contributed by atoms with Crippen molar-refractivity contribution in [2.75, 3.05) is 6.54 Å². The highest BCUT2D eigenvalue weighted by Gasteiger charge is 2.23. The summed E-state index contributed by atoms with van der Waals surface area (Å²) in [6.07, 6.45) is 2.35. The van der Waals surface area contributed by atoms with Gasteiger partial charge in [-0.2, -0.15) is 0 Å². The van der Waals surface area contributed by atoms with Gasteiger partial charge in [-0.05, 0) is 48.7 Å². The average molecular weight is 338 g/mol. The number of aromatic amines is 1. The van der Waals surface area contributed by atoms with Gasteiger partial charge in [0.2, 0.25) is 0 Å². The van der Waals surface area contributed by atoms with Gasteiger partial charge < -0.3 is 0 Å². The quantitative estimate of drug-likeness (QED) is 0.799. The third-order valence-corrected chi connectivity index (χ3v) is 4.52. The van der Waals surface area contributed by atoms with Crippen molar-refractivity contribution in [3.05, 3.63) is 81.2 Å². The first kappa shape index (κ1) is 15.8. The minimum absolute atomic E-state index is 0.0325. The Morgan fingerprint density at radius 1 is 1.28 bits per heavy atom. The van der Waals surface area contributed by atoms with Gasteiger partial charge in [-0.3, -0.25) is 14.8 Å². The number of pyridine rings is 1. The van der Waals surface area contributed by atoms with Gasteiger partial charge in [-0.15, -0.1) is 0 Å². The van der Waals surface area contributed by atoms with Crippen molar-refractivity contribution in [2.24, 2.45) is 0 Å². The van der Waals surface area contributed by atoms with E-state index in [2.05, 4.69) is 15.0 Å². The van der Waals surface area contributed by atoms with Crippen LogP contribution in [0.15, 0.2) is 47.4 Å². The van der Waals surface area contributed by atoms with Crippen LogP contribution >= 0.6 is 0 Å². The maximum atomic E-state index is 13.6. The van der Waals surface area contributed by atoms with Gasteiger partial charge in [-0.25, -0.2) is 14.1 Å². The van der Waals surface area contributed by atoms with Gasteiger partial charge in [-0.1, -0.05) is 12.1 Å². The van der Waals surface area contributed by atoms with E-state index in [0.717, 1.165) is 28.9 Å². The fourth-order valence-corrected chi connectivity index (χ4v) is 3.42. The van der Waals surface area contributed by atoms with Gasteiger partial charge in [0.1, 0.15) is 5.82 Å². The Bertz CT molecular complexity index is 941. The van der Waals surface area contributed by atoms with E-state index < -0.39 is 0 Å². The van der Waals surface area contributed by atoms with Gasteiger partial charge >= 0.3 is 0 Å². The maximum absolute atomic E-state index is 13.6. The van der Waals surface area contributed by atoms with Crippen molar-refractivity contribution in [3.63, 3.8) is 0 Å². The summed E-state index contributed by atoms with van der Waals surface area (Å²) in [7, 11) is 0. The monoisotopic (exact) mass is 338 g/mol.